The Bertz CT molecular complexity index is 906. The van der Waals surface area contributed by atoms with Crippen molar-refractivity contribution in [3.8, 4) is 0 Å². The maximum atomic E-state index is 12.3. The van der Waals surface area contributed by atoms with Crippen molar-refractivity contribution in [1.82, 2.24) is 9.55 Å². The summed E-state index contributed by atoms with van der Waals surface area (Å²) < 4.78 is 2.26. The van der Waals surface area contributed by atoms with Crippen LogP contribution in [0.15, 0.2) is 42.5 Å². The van der Waals surface area contributed by atoms with Crippen molar-refractivity contribution < 1.29 is 4.79 Å². The zero-order valence-electron chi connectivity index (χ0n) is 12.3. The average molecular weight is 344 g/mol. The third-order valence-corrected chi connectivity index (χ3v) is 5.16. The minimum Gasteiger partial charge on any atom is -0.326 e. The molecular formula is C17H14ClN3OS. The monoisotopic (exact) mass is 343 g/mol. The van der Waals surface area contributed by atoms with Crippen LogP contribution in [0.1, 0.15) is 16.2 Å². The summed E-state index contributed by atoms with van der Waals surface area (Å²) in [5.74, 6) is 2.94. The van der Waals surface area contributed by atoms with Crippen molar-refractivity contribution in [2.45, 2.75) is 12.3 Å². The molecule has 4 nitrogen and oxygen atoms in total. The molecular weight excluding hydrogens is 330 g/mol. The summed E-state index contributed by atoms with van der Waals surface area (Å²) in [6.45, 7) is 0.988. The van der Waals surface area contributed by atoms with E-state index in [1.807, 2.05) is 30.0 Å². The van der Waals surface area contributed by atoms with E-state index in [1.54, 1.807) is 24.3 Å². The second kappa shape index (κ2) is 5.91. The fourth-order valence-corrected chi connectivity index (χ4v) is 3.86. The zero-order valence-corrected chi connectivity index (χ0v) is 13.8. The number of anilines is 1. The van der Waals surface area contributed by atoms with Crippen LogP contribution in [0.25, 0.3) is 11.0 Å². The van der Waals surface area contributed by atoms with E-state index in [-0.39, 0.29) is 5.91 Å². The summed E-state index contributed by atoms with van der Waals surface area (Å²) in [6.07, 6.45) is 0. The van der Waals surface area contributed by atoms with Gasteiger partial charge in [0, 0.05) is 18.0 Å². The molecule has 2 heterocycles. The highest BCUT2D eigenvalue weighted by Gasteiger charge is 2.16. The number of thioether (sulfide) groups is 1. The summed E-state index contributed by atoms with van der Waals surface area (Å²) in [7, 11) is 0. The molecule has 0 saturated heterocycles. The second-order valence-electron chi connectivity index (χ2n) is 5.37. The summed E-state index contributed by atoms with van der Waals surface area (Å²) >= 11 is 7.97. The maximum Gasteiger partial charge on any atom is 0.257 e. The summed E-state index contributed by atoms with van der Waals surface area (Å²) in [4.78, 5) is 17.0. The molecule has 116 valence electrons. The van der Waals surface area contributed by atoms with E-state index in [0.717, 1.165) is 40.6 Å². The largest absolute Gasteiger partial charge is 0.326 e. The van der Waals surface area contributed by atoms with Crippen LogP contribution in [0.5, 0.6) is 0 Å². The molecule has 2 aromatic carbocycles. The van der Waals surface area contributed by atoms with E-state index in [4.69, 9.17) is 11.6 Å². The Balaban J connectivity index is 1.65. The number of fused-ring (bicyclic) bond motifs is 3. The van der Waals surface area contributed by atoms with E-state index in [0.29, 0.717) is 10.6 Å². The van der Waals surface area contributed by atoms with Gasteiger partial charge in [-0.15, -0.1) is 0 Å². The Morgan fingerprint density at radius 1 is 1.26 bits per heavy atom. The number of carbonyl (C=O) groups is 1. The molecule has 0 spiro atoms. The predicted octanol–water partition coefficient (Wildman–Crippen LogP) is 4.19. The first kappa shape index (κ1) is 14.6. The van der Waals surface area contributed by atoms with Gasteiger partial charge in [0.15, 0.2) is 0 Å². The molecule has 23 heavy (non-hydrogen) atoms. The Labute approximate surface area is 142 Å². The van der Waals surface area contributed by atoms with Crippen LogP contribution in [-0.2, 0) is 12.3 Å². The molecule has 6 heteroatoms. The van der Waals surface area contributed by atoms with Gasteiger partial charge in [0.05, 0.1) is 27.4 Å². The van der Waals surface area contributed by atoms with E-state index >= 15 is 0 Å². The lowest BCUT2D eigenvalue weighted by atomic mass is 10.2. The van der Waals surface area contributed by atoms with E-state index in [9.17, 15) is 4.79 Å². The van der Waals surface area contributed by atoms with Gasteiger partial charge in [-0.05, 0) is 30.3 Å². The fourth-order valence-electron chi connectivity index (χ4n) is 2.78. The zero-order chi connectivity index (χ0) is 15.8. The molecule has 0 saturated carbocycles. The fraction of sp³-hybridized carbons (Fsp3) is 0.176. The van der Waals surface area contributed by atoms with Gasteiger partial charge in [-0.25, -0.2) is 4.98 Å². The van der Waals surface area contributed by atoms with Crippen molar-refractivity contribution in [1.29, 1.82) is 0 Å². The Morgan fingerprint density at radius 2 is 2.13 bits per heavy atom. The molecule has 1 amide bonds. The lowest BCUT2D eigenvalue weighted by Gasteiger charge is -2.13. The number of halogens is 1. The number of benzene rings is 2. The van der Waals surface area contributed by atoms with Crippen molar-refractivity contribution in [3.05, 3.63) is 58.9 Å². The highest BCUT2D eigenvalue weighted by Crippen LogP contribution is 2.27. The normalized spacial score (nSPS) is 13.8. The maximum absolute atomic E-state index is 12.3. The number of rotatable bonds is 2. The van der Waals surface area contributed by atoms with Crippen molar-refractivity contribution in [2.24, 2.45) is 0 Å². The number of amides is 1. The summed E-state index contributed by atoms with van der Waals surface area (Å²) in [6, 6.07) is 12.9. The first-order valence-corrected chi connectivity index (χ1v) is 8.88. The second-order valence-corrected chi connectivity index (χ2v) is 6.88. The molecule has 0 aliphatic carbocycles. The quantitative estimate of drug-likeness (QED) is 0.759. The van der Waals surface area contributed by atoms with Crippen molar-refractivity contribution in [3.63, 3.8) is 0 Å². The predicted molar refractivity (Wildman–Crippen MR) is 95.3 cm³/mol. The van der Waals surface area contributed by atoms with Crippen molar-refractivity contribution in [2.75, 3.05) is 11.1 Å². The van der Waals surface area contributed by atoms with E-state index in [1.165, 1.54) is 0 Å². The van der Waals surface area contributed by atoms with Gasteiger partial charge in [-0.3, -0.25) is 4.79 Å². The molecule has 0 bridgehead atoms. The van der Waals surface area contributed by atoms with Gasteiger partial charge in [0.25, 0.3) is 5.91 Å². The molecule has 1 aliphatic rings. The molecule has 3 aromatic rings. The van der Waals surface area contributed by atoms with Gasteiger partial charge >= 0.3 is 0 Å². The Hall–Kier alpha value is -1.98. The number of carbonyl (C=O) groups excluding carboxylic acids is 1. The van der Waals surface area contributed by atoms with Gasteiger partial charge in [0.1, 0.15) is 5.82 Å². The Kier molecular flexibility index (Phi) is 3.75. The number of aryl methyl sites for hydroxylation is 1. The van der Waals surface area contributed by atoms with Crippen molar-refractivity contribution >= 4 is 46.0 Å². The minimum absolute atomic E-state index is 0.213. The number of aromatic nitrogens is 2. The third kappa shape index (κ3) is 2.71. The number of hydrogen-bond donors (Lipinski definition) is 1. The van der Waals surface area contributed by atoms with Crippen LogP contribution in [0.2, 0.25) is 5.02 Å². The van der Waals surface area contributed by atoms with Gasteiger partial charge < -0.3 is 9.88 Å². The van der Waals surface area contributed by atoms with Crippen LogP contribution < -0.4 is 5.32 Å². The number of nitrogens with zero attached hydrogens (tertiary/aromatic N) is 2. The molecule has 4 rings (SSSR count). The van der Waals surface area contributed by atoms with Crippen LogP contribution in [0.4, 0.5) is 5.69 Å². The lowest BCUT2D eigenvalue weighted by Crippen LogP contribution is -2.12. The number of imidazole rings is 1. The van der Waals surface area contributed by atoms with E-state index in [2.05, 4.69) is 14.9 Å². The first-order valence-electron chi connectivity index (χ1n) is 7.35. The average Bonchev–Trinajstić information content (AvgIpc) is 2.92. The number of nitrogens with one attached hydrogen (secondary N) is 1. The molecule has 0 atom stereocenters. The lowest BCUT2D eigenvalue weighted by molar-refractivity contribution is 0.102. The summed E-state index contributed by atoms with van der Waals surface area (Å²) in [5.41, 5.74) is 3.23. The SMILES string of the molecule is O=C(Nc1ccc2c(c1)nc1n2CCSC1)c1ccccc1Cl. The van der Waals surface area contributed by atoms with Crippen LogP contribution in [-0.4, -0.2) is 21.2 Å². The highest BCUT2D eigenvalue weighted by atomic mass is 35.5. The molecule has 0 fully saturated rings. The number of hydrogen-bond acceptors (Lipinski definition) is 3. The first-order chi connectivity index (χ1) is 11.2. The molecule has 1 N–H and O–H groups in total. The topological polar surface area (TPSA) is 46.9 Å². The standard InChI is InChI=1S/C17H14ClN3OS/c18-13-4-2-1-3-12(13)17(22)19-11-5-6-15-14(9-11)20-16-10-23-8-7-21(15)16/h1-6,9H,7-8,10H2,(H,19,22). The van der Waals surface area contributed by atoms with Gasteiger partial charge in [-0.1, -0.05) is 23.7 Å². The van der Waals surface area contributed by atoms with Gasteiger partial charge in [-0.2, -0.15) is 11.8 Å². The summed E-state index contributed by atoms with van der Waals surface area (Å²) in [5, 5.41) is 3.34. The van der Waals surface area contributed by atoms with Gasteiger partial charge in [0.2, 0.25) is 0 Å². The highest BCUT2D eigenvalue weighted by molar-refractivity contribution is 7.98. The third-order valence-electron chi connectivity index (χ3n) is 3.89. The molecule has 1 aromatic heterocycles. The Morgan fingerprint density at radius 3 is 3.00 bits per heavy atom. The van der Waals surface area contributed by atoms with Crippen LogP contribution in [0.3, 0.4) is 0 Å². The molecule has 1 aliphatic heterocycles. The molecule has 0 unspecified atom stereocenters. The minimum atomic E-state index is -0.213. The molecule has 0 radical (unpaired) electrons. The smallest absolute Gasteiger partial charge is 0.257 e. The van der Waals surface area contributed by atoms with E-state index < -0.39 is 0 Å². The van der Waals surface area contributed by atoms with Crippen LogP contribution in [0, 0.1) is 0 Å². The van der Waals surface area contributed by atoms with Crippen LogP contribution >= 0.6 is 23.4 Å².